The molecule has 0 bridgehead atoms. The minimum atomic E-state index is -4.40. The molecule has 0 fully saturated rings. The maximum Gasteiger partial charge on any atom is 0.264 e. The third-order valence-electron chi connectivity index (χ3n) is 8.07. The van der Waals surface area contributed by atoms with E-state index in [2.05, 4.69) is 5.32 Å². The number of hydrogen-bond donors (Lipinski definition) is 1. The molecule has 1 heterocycles. The lowest BCUT2D eigenvalue weighted by Crippen LogP contribution is -2.53. The third kappa shape index (κ3) is 8.51. The van der Waals surface area contributed by atoms with Gasteiger partial charge < -0.3 is 19.7 Å². The molecular weight excluding hydrogens is 633 g/mol. The first-order valence-electron chi connectivity index (χ1n) is 16.0. The van der Waals surface area contributed by atoms with Crippen molar-refractivity contribution in [1.82, 2.24) is 10.2 Å². The van der Waals surface area contributed by atoms with Crippen molar-refractivity contribution < 1.29 is 31.9 Å². The molecule has 48 heavy (non-hydrogen) atoms. The number of ether oxygens (including phenoxy) is 2. The molecule has 1 atom stereocenters. The van der Waals surface area contributed by atoms with Gasteiger partial charge in [-0.3, -0.25) is 13.9 Å². The van der Waals surface area contributed by atoms with Gasteiger partial charge in [-0.15, -0.1) is 0 Å². The molecule has 0 saturated heterocycles. The highest BCUT2D eigenvalue weighted by molar-refractivity contribution is 7.92. The molecule has 4 aromatic carbocycles. The minimum Gasteiger partial charge on any atom is -0.486 e. The molecule has 0 unspecified atom stereocenters. The first-order valence-corrected chi connectivity index (χ1v) is 17.4. The zero-order valence-electron chi connectivity index (χ0n) is 27.1. The number of sulfonamides is 1. The van der Waals surface area contributed by atoms with Crippen molar-refractivity contribution in [2.24, 2.45) is 0 Å². The monoisotopic (exact) mass is 673 g/mol. The normalized spacial score (nSPS) is 13.0. The predicted octanol–water partition coefficient (Wildman–Crippen LogP) is 5.66. The lowest BCUT2D eigenvalue weighted by molar-refractivity contribution is -0.140. The number of unbranched alkanes of at least 4 members (excludes halogenated alkanes) is 1. The summed E-state index contributed by atoms with van der Waals surface area (Å²) < 4.78 is 54.8. The van der Waals surface area contributed by atoms with E-state index in [1.807, 2.05) is 68.4 Å². The number of nitrogens with one attached hydrogen (secondary N) is 1. The van der Waals surface area contributed by atoms with Crippen LogP contribution in [0.25, 0.3) is 0 Å². The van der Waals surface area contributed by atoms with Crippen LogP contribution >= 0.6 is 0 Å². The van der Waals surface area contributed by atoms with Crippen LogP contribution in [0.15, 0.2) is 102 Å². The van der Waals surface area contributed by atoms with Gasteiger partial charge in [-0.05, 0) is 60.9 Å². The van der Waals surface area contributed by atoms with Gasteiger partial charge in [-0.1, -0.05) is 73.5 Å². The van der Waals surface area contributed by atoms with Crippen LogP contribution in [0.5, 0.6) is 11.5 Å². The van der Waals surface area contributed by atoms with Crippen LogP contribution in [0.1, 0.15) is 36.5 Å². The molecule has 0 aliphatic carbocycles. The number of aryl methyl sites for hydroxylation is 1. The number of fused-ring (bicyclic) bond motifs is 1. The maximum absolute atomic E-state index is 14.6. The van der Waals surface area contributed by atoms with Crippen LogP contribution in [-0.2, 0) is 32.6 Å². The summed E-state index contributed by atoms with van der Waals surface area (Å²) in [5.41, 5.74) is 2.73. The van der Waals surface area contributed by atoms with Crippen molar-refractivity contribution in [2.75, 3.05) is 30.6 Å². The van der Waals surface area contributed by atoms with Crippen LogP contribution in [0.4, 0.5) is 10.1 Å². The SMILES string of the molecule is CCCCNC(=O)[C@H](Cc1ccccc1)N(Cc1ccc(C)cc1)C(=O)CN(c1ccc(F)cc1)S(=O)(=O)c1ccc2c(c1)OCCO2. The average molecular weight is 674 g/mol. The van der Waals surface area contributed by atoms with Gasteiger partial charge >= 0.3 is 0 Å². The summed E-state index contributed by atoms with van der Waals surface area (Å²) in [6.07, 6.45) is 1.85. The summed E-state index contributed by atoms with van der Waals surface area (Å²) >= 11 is 0. The molecule has 1 N–H and O–H groups in total. The highest BCUT2D eigenvalue weighted by atomic mass is 32.2. The zero-order valence-corrected chi connectivity index (χ0v) is 27.9. The van der Waals surface area contributed by atoms with E-state index in [4.69, 9.17) is 9.47 Å². The second-order valence-electron chi connectivity index (χ2n) is 11.7. The van der Waals surface area contributed by atoms with Gasteiger partial charge in [0.05, 0.1) is 10.6 Å². The first-order chi connectivity index (χ1) is 23.2. The molecule has 1 aliphatic heterocycles. The smallest absolute Gasteiger partial charge is 0.264 e. The lowest BCUT2D eigenvalue weighted by Gasteiger charge is -2.34. The van der Waals surface area contributed by atoms with Gasteiger partial charge in [0.25, 0.3) is 10.0 Å². The Morgan fingerprint density at radius 1 is 0.875 bits per heavy atom. The Balaban J connectivity index is 1.56. The third-order valence-corrected chi connectivity index (χ3v) is 9.84. The van der Waals surface area contributed by atoms with Crippen molar-refractivity contribution in [1.29, 1.82) is 0 Å². The summed E-state index contributed by atoms with van der Waals surface area (Å²) in [6.45, 7) is 4.41. The van der Waals surface area contributed by atoms with Gasteiger partial charge in [-0.25, -0.2) is 12.8 Å². The van der Waals surface area contributed by atoms with E-state index in [1.54, 1.807) is 0 Å². The Labute approximate surface area is 281 Å². The molecular formula is C37H40FN3O6S. The number of carbonyl (C=O) groups is 2. The zero-order chi connectivity index (χ0) is 34.1. The molecule has 0 radical (unpaired) electrons. The summed E-state index contributed by atoms with van der Waals surface area (Å²) in [6, 6.07) is 25.2. The van der Waals surface area contributed by atoms with Gasteiger partial charge in [0, 0.05) is 25.6 Å². The number of benzene rings is 4. The molecule has 4 aromatic rings. The van der Waals surface area contributed by atoms with E-state index in [1.165, 1.54) is 35.2 Å². The van der Waals surface area contributed by atoms with Crippen LogP contribution in [-0.4, -0.2) is 57.5 Å². The van der Waals surface area contributed by atoms with Crippen molar-refractivity contribution in [3.05, 3.63) is 120 Å². The van der Waals surface area contributed by atoms with Gasteiger partial charge in [0.1, 0.15) is 31.6 Å². The molecule has 0 aromatic heterocycles. The average Bonchev–Trinajstić information content (AvgIpc) is 3.10. The molecule has 2 amide bonds. The van der Waals surface area contributed by atoms with E-state index >= 15 is 0 Å². The second-order valence-corrected chi connectivity index (χ2v) is 13.5. The van der Waals surface area contributed by atoms with Gasteiger partial charge in [-0.2, -0.15) is 0 Å². The van der Waals surface area contributed by atoms with E-state index in [-0.39, 0.29) is 41.8 Å². The predicted molar refractivity (Wildman–Crippen MR) is 182 cm³/mol. The van der Waals surface area contributed by atoms with Crippen molar-refractivity contribution in [3.8, 4) is 11.5 Å². The molecule has 0 saturated carbocycles. The fraction of sp³-hybridized carbons (Fsp3) is 0.297. The lowest BCUT2D eigenvalue weighted by atomic mass is 10.0. The Hall–Kier alpha value is -4.90. The Bertz CT molecular complexity index is 1800. The fourth-order valence-electron chi connectivity index (χ4n) is 5.40. The van der Waals surface area contributed by atoms with E-state index in [0.29, 0.717) is 18.9 Å². The standard InChI is InChI=1S/C37H40FN3O6S/c1-3-4-20-39-37(43)33(23-28-8-6-5-7-9-28)40(25-29-12-10-27(2)11-13-29)36(42)26-41(31-16-14-30(38)15-17-31)48(44,45)32-18-19-34-35(24-32)47-22-21-46-34/h5-19,24,33H,3-4,20-23,25-26H2,1-2H3,(H,39,43)/t33-/m0/s1. The van der Waals surface area contributed by atoms with Crippen LogP contribution < -0.4 is 19.1 Å². The Morgan fingerprint density at radius 3 is 2.25 bits per heavy atom. The summed E-state index contributed by atoms with van der Waals surface area (Å²) in [7, 11) is -4.40. The second kappa shape index (κ2) is 15.8. The largest absolute Gasteiger partial charge is 0.486 e. The number of carbonyl (C=O) groups excluding carboxylic acids is 2. The number of rotatable bonds is 14. The highest BCUT2D eigenvalue weighted by Gasteiger charge is 2.35. The molecule has 5 rings (SSSR count). The number of halogens is 1. The van der Waals surface area contributed by atoms with Crippen LogP contribution in [0.3, 0.4) is 0 Å². The number of hydrogen-bond acceptors (Lipinski definition) is 6. The van der Waals surface area contributed by atoms with E-state index in [9.17, 15) is 22.4 Å². The highest BCUT2D eigenvalue weighted by Crippen LogP contribution is 2.34. The quantitative estimate of drug-likeness (QED) is 0.173. The molecule has 1 aliphatic rings. The van der Waals surface area contributed by atoms with Gasteiger partial charge in [0.2, 0.25) is 11.8 Å². The van der Waals surface area contributed by atoms with Crippen molar-refractivity contribution in [3.63, 3.8) is 0 Å². The molecule has 0 spiro atoms. The maximum atomic E-state index is 14.6. The summed E-state index contributed by atoms with van der Waals surface area (Å²) in [5, 5.41) is 2.98. The van der Waals surface area contributed by atoms with E-state index < -0.39 is 34.3 Å². The fourth-order valence-corrected chi connectivity index (χ4v) is 6.83. The van der Waals surface area contributed by atoms with Crippen LogP contribution in [0, 0.1) is 12.7 Å². The Kier molecular flexibility index (Phi) is 11.3. The van der Waals surface area contributed by atoms with E-state index in [0.717, 1.165) is 46.0 Å². The Morgan fingerprint density at radius 2 is 1.56 bits per heavy atom. The van der Waals surface area contributed by atoms with Crippen molar-refractivity contribution in [2.45, 2.75) is 50.6 Å². The molecule has 252 valence electrons. The number of anilines is 1. The van der Waals surface area contributed by atoms with Crippen LogP contribution in [0.2, 0.25) is 0 Å². The number of nitrogens with zero attached hydrogens (tertiary/aromatic N) is 2. The summed E-state index contributed by atoms with van der Waals surface area (Å²) in [4.78, 5) is 29.7. The topological polar surface area (TPSA) is 105 Å². The summed E-state index contributed by atoms with van der Waals surface area (Å²) in [5.74, 6) is -0.829. The van der Waals surface area contributed by atoms with Gasteiger partial charge in [0.15, 0.2) is 11.5 Å². The van der Waals surface area contributed by atoms with Crippen molar-refractivity contribution >= 4 is 27.5 Å². The number of amides is 2. The minimum absolute atomic E-state index is 0.0547. The first kappa shape index (κ1) is 34.4. The molecule has 9 nitrogen and oxygen atoms in total. The molecule has 11 heteroatoms.